The lowest BCUT2D eigenvalue weighted by Gasteiger charge is -2.42. The third-order valence-corrected chi connectivity index (χ3v) is 9.45. The minimum absolute atomic E-state index is 0.0361. The van der Waals surface area contributed by atoms with Crippen LogP contribution < -0.4 is 4.72 Å². The third kappa shape index (κ3) is 3.09. The standard InChI is InChI=1S/C18H21F3N2O3S2/c1-16(2)10-6-7-17(3,9-10)15(16)23-28(24,25)14-5-4-12(27-14)11-8-13(26-22-11)18(19,20)21/h4-5,8,10,15,23H,6-7,9H2,1-3H3/t10-,15-,17+/m0/s1. The summed E-state index contributed by atoms with van der Waals surface area (Å²) in [4.78, 5) is 0.304. The lowest BCUT2D eigenvalue weighted by atomic mass is 9.69. The second-order valence-corrected chi connectivity index (χ2v) is 11.7. The molecule has 3 atom stereocenters. The summed E-state index contributed by atoms with van der Waals surface area (Å²) < 4.78 is 71.3. The molecular formula is C18H21F3N2O3S2. The Bertz CT molecular complexity index is 1000. The summed E-state index contributed by atoms with van der Waals surface area (Å²) in [6.45, 7) is 6.33. The van der Waals surface area contributed by atoms with E-state index in [-0.39, 0.29) is 26.8 Å². The van der Waals surface area contributed by atoms with E-state index in [0.29, 0.717) is 10.8 Å². The van der Waals surface area contributed by atoms with Gasteiger partial charge in [0.2, 0.25) is 15.8 Å². The number of aromatic nitrogens is 1. The molecule has 154 valence electrons. The molecule has 2 aromatic heterocycles. The Morgan fingerprint density at radius 1 is 1.29 bits per heavy atom. The first-order valence-electron chi connectivity index (χ1n) is 8.99. The van der Waals surface area contributed by atoms with Crippen molar-refractivity contribution in [3.63, 3.8) is 0 Å². The average molecular weight is 435 g/mol. The monoisotopic (exact) mass is 434 g/mol. The molecule has 0 saturated heterocycles. The zero-order chi connectivity index (χ0) is 20.5. The van der Waals surface area contributed by atoms with Gasteiger partial charge in [0.25, 0.3) is 0 Å². The van der Waals surface area contributed by atoms with Gasteiger partial charge in [-0.15, -0.1) is 11.3 Å². The second kappa shape index (κ2) is 6.06. The lowest BCUT2D eigenvalue weighted by Crippen LogP contribution is -2.52. The molecule has 2 saturated carbocycles. The van der Waals surface area contributed by atoms with E-state index in [4.69, 9.17) is 0 Å². The van der Waals surface area contributed by atoms with Crippen molar-refractivity contribution in [3.05, 3.63) is 24.0 Å². The largest absolute Gasteiger partial charge is 0.452 e. The van der Waals surface area contributed by atoms with Crippen LogP contribution in [0, 0.1) is 16.7 Å². The topological polar surface area (TPSA) is 72.2 Å². The molecule has 28 heavy (non-hydrogen) atoms. The maximum atomic E-state index is 13.0. The van der Waals surface area contributed by atoms with E-state index in [0.717, 1.165) is 36.7 Å². The van der Waals surface area contributed by atoms with Crippen molar-refractivity contribution < 1.29 is 26.1 Å². The van der Waals surface area contributed by atoms with Gasteiger partial charge in [-0.2, -0.15) is 13.2 Å². The fourth-order valence-electron chi connectivity index (χ4n) is 4.94. The van der Waals surface area contributed by atoms with Crippen molar-refractivity contribution in [3.8, 4) is 10.6 Å². The lowest BCUT2D eigenvalue weighted by molar-refractivity contribution is -0.155. The number of hydrogen-bond donors (Lipinski definition) is 1. The maximum absolute atomic E-state index is 13.0. The number of nitrogens with one attached hydrogen (secondary N) is 1. The van der Waals surface area contributed by atoms with Crippen LogP contribution in [0.15, 0.2) is 26.9 Å². The molecule has 0 aromatic carbocycles. The highest BCUT2D eigenvalue weighted by atomic mass is 32.2. The summed E-state index contributed by atoms with van der Waals surface area (Å²) in [5, 5.41) is 3.42. The number of hydrogen-bond acceptors (Lipinski definition) is 5. The number of nitrogens with zero attached hydrogens (tertiary/aromatic N) is 1. The fourth-order valence-corrected chi connectivity index (χ4v) is 7.74. The van der Waals surface area contributed by atoms with Crippen LogP contribution in [0.25, 0.3) is 10.6 Å². The number of sulfonamides is 1. The molecule has 4 rings (SSSR count). The summed E-state index contributed by atoms with van der Waals surface area (Å²) in [6, 6.07) is 3.44. The first-order valence-corrected chi connectivity index (χ1v) is 11.3. The molecule has 2 fully saturated rings. The predicted octanol–water partition coefficient (Wildman–Crippen LogP) is 4.92. The molecule has 2 aliphatic carbocycles. The van der Waals surface area contributed by atoms with Crippen LogP contribution in [0.3, 0.4) is 0 Å². The van der Waals surface area contributed by atoms with E-state index in [2.05, 4.69) is 35.2 Å². The van der Waals surface area contributed by atoms with Crippen LogP contribution in [0.4, 0.5) is 13.2 Å². The Balaban J connectivity index is 1.59. The van der Waals surface area contributed by atoms with Gasteiger partial charge in [0.05, 0.1) is 4.88 Å². The van der Waals surface area contributed by atoms with Crippen molar-refractivity contribution in [1.29, 1.82) is 0 Å². The van der Waals surface area contributed by atoms with Gasteiger partial charge in [-0.1, -0.05) is 25.9 Å². The van der Waals surface area contributed by atoms with Crippen molar-refractivity contribution in [1.82, 2.24) is 9.88 Å². The Hall–Kier alpha value is -1.39. The fraction of sp³-hybridized carbons (Fsp3) is 0.611. The molecule has 2 aliphatic rings. The highest BCUT2D eigenvalue weighted by molar-refractivity contribution is 7.91. The number of fused-ring (bicyclic) bond motifs is 2. The summed E-state index contributed by atoms with van der Waals surface area (Å²) in [5.74, 6) is -0.727. The van der Waals surface area contributed by atoms with Crippen molar-refractivity contribution in [2.75, 3.05) is 0 Å². The Labute approximate surface area is 165 Å². The van der Waals surface area contributed by atoms with E-state index in [1.807, 2.05) is 0 Å². The minimum Gasteiger partial charge on any atom is -0.351 e. The van der Waals surface area contributed by atoms with Gasteiger partial charge in [-0.3, -0.25) is 0 Å². The van der Waals surface area contributed by atoms with E-state index in [1.54, 1.807) is 0 Å². The quantitative estimate of drug-likeness (QED) is 0.742. The molecule has 2 heterocycles. The maximum Gasteiger partial charge on any atom is 0.452 e. The average Bonchev–Trinajstić information content (AvgIpc) is 3.31. The highest BCUT2D eigenvalue weighted by Gasteiger charge is 2.60. The van der Waals surface area contributed by atoms with Crippen LogP contribution in [0.1, 0.15) is 45.8 Å². The smallest absolute Gasteiger partial charge is 0.351 e. The summed E-state index contributed by atoms with van der Waals surface area (Å²) in [5.41, 5.74) is -0.255. The van der Waals surface area contributed by atoms with Gasteiger partial charge in [0.1, 0.15) is 9.90 Å². The van der Waals surface area contributed by atoms with Gasteiger partial charge in [0.15, 0.2) is 0 Å². The van der Waals surface area contributed by atoms with E-state index in [1.165, 1.54) is 12.1 Å². The Morgan fingerprint density at radius 2 is 2.00 bits per heavy atom. The molecule has 0 unspecified atom stereocenters. The number of alkyl halides is 3. The Kier molecular flexibility index (Phi) is 4.31. The van der Waals surface area contributed by atoms with E-state index < -0.39 is 22.0 Å². The summed E-state index contributed by atoms with van der Waals surface area (Å²) >= 11 is 0.879. The molecule has 1 N–H and O–H groups in total. The molecule has 10 heteroatoms. The normalized spacial score (nSPS) is 29.5. The molecular weight excluding hydrogens is 413 g/mol. The van der Waals surface area contributed by atoms with Crippen molar-refractivity contribution in [2.24, 2.45) is 16.7 Å². The van der Waals surface area contributed by atoms with E-state index >= 15 is 0 Å². The number of rotatable bonds is 4. The zero-order valence-corrected chi connectivity index (χ0v) is 17.3. The van der Waals surface area contributed by atoms with Gasteiger partial charge in [0, 0.05) is 12.1 Å². The second-order valence-electron chi connectivity index (χ2n) is 8.66. The van der Waals surface area contributed by atoms with Crippen LogP contribution in [0.2, 0.25) is 0 Å². The minimum atomic E-state index is -4.64. The predicted molar refractivity (Wildman–Crippen MR) is 98.2 cm³/mol. The van der Waals surface area contributed by atoms with E-state index in [9.17, 15) is 21.6 Å². The van der Waals surface area contributed by atoms with Crippen LogP contribution in [-0.4, -0.2) is 19.6 Å². The molecule has 0 spiro atoms. The van der Waals surface area contributed by atoms with Gasteiger partial charge in [-0.05, 0) is 48.1 Å². The summed E-state index contributed by atoms with van der Waals surface area (Å²) in [7, 11) is -3.80. The van der Waals surface area contributed by atoms with Gasteiger partial charge >= 0.3 is 6.18 Å². The first kappa shape index (κ1) is 19.9. The van der Waals surface area contributed by atoms with Crippen LogP contribution >= 0.6 is 11.3 Å². The molecule has 0 aliphatic heterocycles. The SMILES string of the molecule is CC1(C)[C@H]2CC[C@](C)(C2)[C@H]1NS(=O)(=O)c1ccc(-c2cc(C(F)(F)F)on2)s1. The van der Waals surface area contributed by atoms with Crippen LogP contribution in [-0.2, 0) is 16.2 Å². The molecule has 0 amide bonds. The van der Waals surface area contributed by atoms with Gasteiger partial charge in [-0.25, -0.2) is 13.1 Å². The zero-order valence-electron chi connectivity index (χ0n) is 15.6. The molecule has 5 nitrogen and oxygen atoms in total. The molecule has 2 aromatic rings. The summed E-state index contributed by atoms with van der Waals surface area (Å²) in [6.07, 6.45) is -1.54. The third-order valence-electron chi connectivity index (χ3n) is 6.43. The molecule has 0 radical (unpaired) electrons. The van der Waals surface area contributed by atoms with Crippen molar-refractivity contribution >= 4 is 21.4 Å². The Morgan fingerprint density at radius 3 is 2.57 bits per heavy atom. The van der Waals surface area contributed by atoms with Crippen LogP contribution in [0.5, 0.6) is 0 Å². The highest BCUT2D eigenvalue weighted by Crippen LogP contribution is 2.62. The number of halogens is 3. The van der Waals surface area contributed by atoms with Gasteiger partial charge < -0.3 is 4.52 Å². The van der Waals surface area contributed by atoms with Crippen molar-refractivity contribution in [2.45, 2.75) is 56.5 Å². The number of thiophene rings is 1. The molecule has 2 bridgehead atoms. The first-order chi connectivity index (χ1) is 12.8.